The molecule has 0 aliphatic heterocycles. The van der Waals surface area contributed by atoms with Crippen LogP contribution in [0.3, 0.4) is 0 Å². The van der Waals surface area contributed by atoms with Gasteiger partial charge in [0.1, 0.15) is 12.1 Å². The Balaban J connectivity index is 3.01. The van der Waals surface area contributed by atoms with Crippen molar-refractivity contribution >= 4 is 5.91 Å². The Morgan fingerprint density at radius 1 is 1.73 bits per heavy atom. The van der Waals surface area contributed by atoms with E-state index in [0.717, 1.165) is 6.54 Å². The molecule has 1 amide bonds. The van der Waals surface area contributed by atoms with E-state index in [1.165, 1.54) is 0 Å². The summed E-state index contributed by atoms with van der Waals surface area (Å²) >= 11 is 0. The SMILES string of the molecule is CC[n+]1cccc(C(N)=O)c1. The zero-order valence-corrected chi connectivity index (χ0v) is 6.45. The van der Waals surface area contributed by atoms with Gasteiger partial charge in [-0.05, 0) is 13.0 Å². The molecular formula is C8H11N2O+. The summed E-state index contributed by atoms with van der Waals surface area (Å²) in [5.74, 6) is -0.382. The van der Waals surface area contributed by atoms with Crippen molar-refractivity contribution < 1.29 is 9.36 Å². The summed E-state index contributed by atoms with van der Waals surface area (Å²) in [4.78, 5) is 10.7. The first kappa shape index (κ1) is 7.72. The summed E-state index contributed by atoms with van der Waals surface area (Å²) in [6.07, 6.45) is 3.63. The van der Waals surface area contributed by atoms with Crippen molar-refractivity contribution in [1.29, 1.82) is 0 Å². The molecule has 3 nitrogen and oxygen atoms in total. The topological polar surface area (TPSA) is 47.0 Å². The first-order chi connectivity index (χ1) is 5.24. The second-order valence-electron chi connectivity index (χ2n) is 2.29. The summed E-state index contributed by atoms with van der Waals surface area (Å²) in [6, 6.07) is 3.51. The third-order valence-corrected chi connectivity index (χ3v) is 1.51. The van der Waals surface area contributed by atoms with Crippen LogP contribution in [0.5, 0.6) is 0 Å². The number of pyridine rings is 1. The normalized spacial score (nSPS) is 9.55. The summed E-state index contributed by atoms with van der Waals surface area (Å²) in [5.41, 5.74) is 5.64. The molecular weight excluding hydrogens is 140 g/mol. The molecule has 0 atom stereocenters. The van der Waals surface area contributed by atoms with E-state index in [2.05, 4.69) is 0 Å². The van der Waals surface area contributed by atoms with Gasteiger partial charge in [0, 0.05) is 6.07 Å². The average Bonchev–Trinajstić information content (AvgIpc) is 2.05. The lowest BCUT2D eigenvalue weighted by Gasteiger charge is -1.93. The first-order valence-electron chi connectivity index (χ1n) is 3.53. The quantitative estimate of drug-likeness (QED) is 0.598. The van der Waals surface area contributed by atoms with Gasteiger partial charge < -0.3 is 5.73 Å². The minimum absolute atomic E-state index is 0.382. The predicted octanol–water partition coefficient (Wildman–Crippen LogP) is 0.0929. The molecule has 2 N–H and O–H groups in total. The third-order valence-electron chi connectivity index (χ3n) is 1.51. The van der Waals surface area contributed by atoms with E-state index < -0.39 is 0 Å². The number of nitrogens with zero attached hydrogens (tertiary/aromatic N) is 1. The average molecular weight is 151 g/mol. The van der Waals surface area contributed by atoms with Crippen LogP contribution in [-0.2, 0) is 6.54 Å². The fraction of sp³-hybridized carbons (Fsp3) is 0.250. The number of hydrogen-bond acceptors (Lipinski definition) is 1. The Morgan fingerprint density at radius 3 is 3.00 bits per heavy atom. The molecule has 0 saturated carbocycles. The van der Waals surface area contributed by atoms with E-state index >= 15 is 0 Å². The van der Waals surface area contributed by atoms with Gasteiger partial charge >= 0.3 is 0 Å². The number of amides is 1. The molecule has 0 aliphatic rings. The number of carbonyl (C=O) groups excluding carboxylic acids is 1. The molecule has 58 valence electrons. The maximum atomic E-state index is 10.7. The summed E-state index contributed by atoms with van der Waals surface area (Å²) in [7, 11) is 0. The van der Waals surface area contributed by atoms with E-state index in [4.69, 9.17) is 5.73 Å². The fourth-order valence-electron chi connectivity index (χ4n) is 0.864. The zero-order valence-electron chi connectivity index (χ0n) is 6.45. The van der Waals surface area contributed by atoms with Crippen LogP contribution in [0.4, 0.5) is 0 Å². The number of primary amides is 1. The Kier molecular flexibility index (Phi) is 2.21. The van der Waals surface area contributed by atoms with E-state index in [-0.39, 0.29) is 5.91 Å². The molecule has 0 aliphatic carbocycles. The molecule has 3 heteroatoms. The smallest absolute Gasteiger partial charge is 0.254 e. The largest absolute Gasteiger partial charge is 0.365 e. The van der Waals surface area contributed by atoms with Crippen LogP contribution in [0, 0.1) is 0 Å². The molecule has 0 unspecified atom stereocenters. The van der Waals surface area contributed by atoms with Gasteiger partial charge in [0.2, 0.25) is 0 Å². The minimum atomic E-state index is -0.382. The van der Waals surface area contributed by atoms with Gasteiger partial charge in [-0.1, -0.05) is 0 Å². The second kappa shape index (κ2) is 3.14. The summed E-state index contributed by atoms with van der Waals surface area (Å²) in [6.45, 7) is 2.85. The molecule has 0 radical (unpaired) electrons. The van der Waals surface area contributed by atoms with Crippen LogP contribution in [-0.4, -0.2) is 5.91 Å². The van der Waals surface area contributed by atoms with Crippen molar-refractivity contribution in [2.75, 3.05) is 0 Å². The molecule has 1 rings (SSSR count). The number of carbonyl (C=O) groups is 1. The van der Waals surface area contributed by atoms with Crippen LogP contribution < -0.4 is 10.3 Å². The van der Waals surface area contributed by atoms with Gasteiger partial charge in [0.25, 0.3) is 5.91 Å². The van der Waals surface area contributed by atoms with E-state index in [1.807, 2.05) is 23.8 Å². The van der Waals surface area contributed by atoms with Crippen molar-refractivity contribution in [3.63, 3.8) is 0 Å². The van der Waals surface area contributed by atoms with Gasteiger partial charge in [-0.15, -0.1) is 0 Å². The molecule has 0 fully saturated rings. The van der Waals surface area contributed by atoms with Gasteiger partial charge in [-0.25, -0.2) is 4.57 Å². The Hall–Kier alpha value is -1.38. The standard InChI is InChI=1S/C8H10N2O/c1-2-10-5-3-4-7(6-10)8(9)11/h3-6H,2H2,1H3,(H-,9,11)/p+1. The van der Waals surface area contributed by atoms with Crippen molar-refractivity contribution in [3.05, 3.63) is 30.1 Å². The Labute approximate surface area is 65.5 Å². The summed E-state index contributed by atoms with van der Waals surface area (Å²) < 4.78 is 1.90. The van der Waals surface area contributed by atoms with Crippen LogP contribution in [0.1, 0.15) is 17.3 Å². The number of aryl methyl sites for hydroxylation is 1. The van der Waals surface area contributed by atoms with Crippen molar-refractivity contribution in [1.82, 2.24) is 0 Å². The van der Waals surface area contributed by atoms with Crippen LogP contribution in [0.15, 0.2) is 24.5 Å². The van der Waals surface area contributed by atoms with Gasteiger partial charge in [0.05, 0.1) is 0 Å². The number of aromatic nitrogens is 1. The highest BCUT2D eigenvalue weighted by Gasteiger charge is 2.03. The first-order valence-corrected chi connectivity index (χ1v) is 3.53. The molecule has 0 saturated heterocycles. The van der Waals surface area contributed by atoms with Crippen molar-refractivity contribution in [2.24, 2.45) is 5.73 Å². The Morgan fingerprint density at radius 2 is 2.45 bits per heavy atom. The lowest BCUT2D eigenvalue weighted by Crippen LogP contribution is -2.32. The molecule has 0 bridgehead atoms. The highest BCUT2D eigenvalue weighted by molar-refractivity contribution is 5.92. The number of hydrogen-bond donors (Lipinski definition) is 1. The van der Waals surface area contributed by atoms with Gasteiger partial charge in [0.15, 0.2) is 12.4 Å². The Bertz CT molecular complexity index is 271. The van der Waals surface area contributed by atoms with Crippen LogP contribution in [0.25, 0.3) is 0 Å². The lowest BCUT2D eigenvalue weighted by molar-refractivity contribution is -0.693. The highest BCUT2D eigenvalue weighted by Crippen LogP contribution is 1.91. The second-order valence-corrected chi connectivity index (χ2v) is 2.29. The molecule has 1 aromatic rings. The molecule has 0 spiro atoms. The zero-order chi connectivity index (χ0) is 8.27. The van der Waals surface area contributed by atoms with Gasteiger partial charge in [-0.3, -0.25) is 4.79 Å². The fourth-order valence-corrected chi connectivity index (χ4v) is 0.864. The van der Waals surface area contributed by atoms with Crippen molar-refractivity contribution in [2.45, 2.75) is 13.5 Å². The predicted molar refractivity (Wildman–Crippen MR) is 40.8 cm³/mol. The van der Waals surface area contributed by atoms with Crippen LogP contribution in [0.2, 0.25) is 0 Å². The number of rotatable bonds is 2. The molecule has 0 aromatic carbocycles. The van der Waals surface area contributed by atoms with E-state index in [0.29, 0.717) is 5.56 Å². The third kappa shape index (κ3) is 1.77. The monoisotopic (exact) mass is 151 g/mol. The van der Waals surface area contributed by atoms with Crippen molar-refractivity contribution in [3.8, 4) is 0 Å². The maximum absolute atomic E-state index is 10.7. The lowest BCUT2D eigenvalue weighted by atomic mass is 10.3. The maximum Gasteiger partial charge on any atom is 0.254 e. The summed E-state index contributed by atoms with van der Waals surface area (Å²) in [5, 5.41) is 0. The van der Waals surface area contributed by atoms with Crippen LogP contribution >= 0.6 is 0 Å². The highest BCUT2D eigenvalue weighted by atomic mass is 16.1. The minimum Gasteiger partial charge on any atom is -0.365 e. The molecule has 11 heavy (non-hydrogen) atoms. The van der Waals surface area contributed by atoms with E-state index in [1.54, 1.807) is 12.3 Å². The number of nitrogens with two attached hydrogens (primary N) is 1. The van der Waals surface area contributed by atoms with Gasteiger partial charge in [-0.2, -0.15) is 0 Å². The van der Waals surface area contributed by atoms with E-state index in [9.17, 15) is 4.79 Å². The molecule has 1 heterocycles. The molecule has 1 aromatic heterocycles.